The molecule has 150 valence electrons. The molecular formula is C20H13F5N2O2. The number of pyridine rings is 1. The van der Waals surface area contributed by atoms with E-state index in [2.05, 4.69) is 5.32 Å². The molecule has 0 atom stereocenters. The number of benzene rings is 2. The number of aromatic nitrogens is 1. The van der Waals surface area contributed by atoms with Gasteiger partial charge in [-0.15, -0.1) is 0 Å². The second-order valence-electron chi connectivity index (χ2n) is 6.16. The molecule has 0 aliphatic carbocycles. The van der Waals surface area contributed by atoms with Crippen LogP contribution in [0.3, 0.4) is 0 Å². The average molecular weight is 408 g/mol. The van der Waals surface area contributed by atoms with E-state index < -0.39 is 34.8 Å². The maximum Gasteiger partial charge on any atom is 0.416 e. The molecule has 0 saturated heterocycles. The van der Waals surface area contributed by atoms with Gasteiger partial charge in [0.1, 0.15) is 11.6 Å². The molecule has 0 radical (unpaired) electrons. The summed E-state index contributed by atoms with van der Waals surface area (Å²) in [5.74, 6) is -2.42. The Morgan fingerprint density at radius 1 is 1.00 bits per heavy atom. The number of alkyl halides is 3. The van der Waals surface area contributed by atoms with Gasteiger partial charge in [0, 0.05) is 18.3 Å². The molecule has 1 amide bonds. The fourth-order valence-electron chi connectivity index (χ4n) is 2.62. The lowest BCUT2D eigenvalue weighted by Gasteiger charge is -2.11. The van der Waals surface area contributed by atoms with Crippen molar-refractivity contribution in [1.29, 1.82) is 0 Å². The Morgan fingerprint density at radius 3 is 2.48 bits per heavy atom. The van der Waals surface area contributed by atoms with E-state index in [-0.39, 0.29) is 23.4 Å². The van der Waals surface area contributed by atoms with Gasteiger partial charge in [0.15, 0.2) is 0 Å². The van der Waals surface area contributed by atoms with Gasteiger partial charge in [-0.05, 0) is 35.9 Å². The SMILES string of the molecule is O=C(Nc1cc(F)ccc1F)c1ccc(=O)n(Cc2cccc(C(F)(F)F)c2)c1. The number of nitrogens with zero attached hydrogens (tertiary/aromatic N) is 1. The van der Waals surface area contributed by atoms with Gasteiger partial charge >= 0.3 is 6.18 Å². The molecule has 9 heteroatoms. The van der Waals surface area contributed by atoms with Gasteiger partial charge in [0.2, 0.25) is 0 Å². The second kappa shape index (κ2) is 7.86. The first kappa shape index (κ1) is 20.2. The molecule has 0 saturated carbocycles. The topological polar surface area (TPSA) is 51.1 Å². The van der Waals surface area contributed by atoms with Crippen molar-refractivity contribution in [2.24, 2.45) is 0 Å². The summed E-state index contributed by atoms with van der Waals surface area (Å²) in [4.78, 5) is 24.4. The van der Waals surface area contributed by atoms with Crippen molar-refractivity contribution in [3.8, 4) is 0 Å². The van der Waals surface area contributed by atoms with Gasteiger partial charge in [0.05, 0.1) is 23.4 Å². The highest BCUT2D eigenvalue weighted by Gasteiger charge is 2.30. The average Bonchev–Trinajstić information content (AvgIpc) is 2.66. The van der Waals surface area contributed by atoms with E-state index >= 15 is 0 Å². The first-order chi connectivity index (χ1) is 13.6. The second-order valence-corrected chi connectivity index (χ2v) is 6.16. The number of amides is 1. The van der Waals surface area contributed by atoms with E-state index in [4.69, 9.17) is 0 Å². The van der Waals surface area contributed by atoms with Gasteiger partial charge in [-0.25, -0.2) is 8.78 Å². The van der Waals surface area contributed by atoms with Crippen LogP contribution in [0.4, 0.5) is 27.6 Å². The van der Waals surface area contributed by atoms with Crippen molar-refractivity contribution in [2.75, 3.05) is 5.32 Å². The number of rotatable bonds is 4. The highest BCUT2D eigenvalue weighted by molar-refractivity contribution is 6.04. The molecule has 1 heterocycles. The summed E-state index contributed by atoms with van der Waals surface area (Å²) in [5, 5.41) is 2.19. The third-order valence-electron chi connectivity index (χ3n) is 4.03. The number of nitrogens with one attached hydrogen (secondary N) is 1. The predicted molar refractivity (Wildman–Crippen MR) is 95.6 cm³/mol. The summed E-state index contributed by atoms with van der Waals surface area (Å²) >= 11 is 0. The summed E-state index contributed by atoms with van der Waals surface area (Å²) in [5.41, 5.74) is -1.64. The summed E-state index contributed by atoms with van der Waals surface area (Å²) < 4.78 is 66.5. The maximum absolute atomic E-state index is 13.7. The van der Waals surface area contributed by atoms with E-state index in [1.54, 1.807) is 0 Å². The van der Waals surface area contributed by atoms with Crippen molar-refractivity contribution in [2.45, 2.75) is 12.7 Å². The van der Waals surface area contributed by atoms with Crippen LogP contribution in [0.1, 0.15) is 21.5 Å². The highest BCUT2D eigenvalue weighted by Crippen LogP contribution is 2.29. The Hall–Kier alpha value is -3.49. The Balaban J connectivity index is 1.86. The number of carbonyl (C=O) groups excluding carboxylic acids is 1. The Bertz CT molecular complexity index is 1120. The molecule has 0 aliphatic heterocycles. The molecule has 3 rings (SSSR count). The molecule has 0 aliphatic rings. The zero-order valence-corrected chi connectivity index (χ0v) is 14.6. The number of anilines is 1. The summed E-state index contributed by atoms with van der Waals surface area (Å²) in [6, 6.07) is 9.21. The van der Waals surface area contributed by atoms with E-state index in [0.29, 0.717) is 0 Å². The molecule has 0 bridgehead atoms. The lowest BCUT2D eigenvalue weighted by molar-refractivity contribution is -0.137. The zero-order valence-electron chi connectivity index (χ0n) is 14.6. The summed E-state index contributed by atoms with van der Waals surface area (Å²) in [6.07, 6.45) is -3.40. The normalized spacial score (nSPS) is 11.3. The van der Waals surface area contributed by atoms with Crippen LogP contribution in [0, 0.1) is 11.6 Å². The smallest absolute Gasteiger partial charge is 0.319 e. The van der Waals surface area contributed by atoms with Gasteiger partial charge in [-0.2, -0.15) is 13.2 Å². The van der Waals surface area contributed by atoms with Crippen LogP contribution in [-0.4, -0.2) is 10.5 Å². The number of carbonyl (C=O) groups is 1. The predicted octanol–water partition coefficient (Wildman–Crippen LogP) is 4.45. The minimum Gasteiger partial charge on any atom is -0.319 e. The summed E-state index contributed by atoms with van der Waals surface area (Å²) in [7, 11) is 0. The minimum atomic E-state index is -4.53. The Morgan fingerprint density at radius 2 is 1.76 bits per heavy atom. The summed E-state index contributed by atoms with van der Waals surface area (Å²) in [6.45, 7) is -0.210. The van der Waals surface area contributed by atoms with Crippen LogP contribution in [0.25, 0.3) is 0 Å². The van der Waals surface area contributed by atoms with Crippen LogP contribution in [0.15, 0.2) is 65.6 Å². The number of hydrogen-bond acceptors (Lipinski definition) is 2. The van der Waals surface area contributed by atoms with Crippen LogP contribution in [0.5, 0.6) is 0 Å². The van der Waals surface area contributed by atoms with Crippen LogP contribution in [0.2, 0.25) is 0 Å². The molecule has 0 spiro atoms. The van der Waals surface area contributed by atoms with Crippen molar-refractivity contribution in [1.82, 2.24) is 4.57 Å². The van der Waals surface area contributed by atoms with Crippen LogP contribution < -0.4 is 10.9 Å². The number of halogens is 5. The first-order valence-corrected chi connectivity index (χ1v) is 8.26. The van der Waals surface area contributed by atoms with Gasteiger partial charge < -0.3 is 9.88 Å². The van der Waals surface area contributed by atoms with E-state index in [0.717, 1.165) is 47.2 Å². The van der Waals surface area contributed by atoms with Gasteiger partial charge in [-0.1, -0.05) is 12.1 Å². The lowest BCUT2D eigenvalue weighted by Crippen LogP contribution is -2.23. The lowest BCUT2D eigenvalue weighted by atomic mass is 10.1. The number of hydrogen-bond donors (Lipinski definition) is 1. The van der Waals surface area contributed by atoms with Crippen LogP contribution in [-0.2, 0) is 12.7 Å². The Kier molecular flexibility index (Phi) is 5.49. The Labute approximate surface area is 161 Å². The van der Waals surface area contributed by atoms with E-state index in [9.17, 15) is 31.5 Å². The molecule has 29 heavy (non-hydrogen) atoms. The van der Waals surface area contributed by atoms with Gasteiger partial charge in [0.25, 0.3) is 11.5 Å². The molecule has 4 nitrogen and oxygen atoms in total. The third-order valence-corrected chi connectivity index (χ3v) is 4.03. The molecule has 0 fully saturated rings. The standard InChI is InChI=1S/C20H13F5N2O2/c21-15-5-6-16(22)17(9-15)26-19(29)13-4-7-18(28)27(11-13)10-12-2-1-3-14(8-12)20(23,24)25/h1-9,11H,10H2,(H,26,29). The van der Waals surface area contributed by atoms with Crippen molar-refractivity contribution in [3.05, 3.63) is 99.5 Å². The minimum absolute atomic E-state index is 0.0553. The molecule has 0 unspecified atom stereocenters. The molecule has 1 N–H and O–H groups in total. The third kappa shape index (κ3) is 4.87. The van der Waals surface area contributed by atoms with Crippen molar-refractivity contribution < 1.29 is 26.7 Å². The van der Waals surface area contributed by atoms with E-state index in [1.165, 1.54) is 18.2 Å². The molecule has 2 aromatic carbocycles. The van der Waals surface area contributed by atoms with Gasteiger partial charge in [-0.3, -0.25) is 9.59 Å². The quantitative estimate of drug-likeness (QED) is 0.649. The highest BCUT2D eigenvalue weighted by atomic mass is 19.4. The van der Waals surface area contributed by atoms with Crippen molar-refractivity contribution in [3.63, 3.8) is 0 Å². The van der Waals surface area contributed by atoms with Crippen molar-refractivity contribution >= 4 is 11.6 Å². The first-order valence-electron chi connectivity index (χ1n) is 8.26. The van der Waals surface area contributed by atoms with E-state index in [1.807, 2.05) is 0 Å². The molecule has 3 aromatic rings. The molecule has 1 aromatic heterocycles. The fourth-order valence-corrected chi connectivity index (χ4v) is 2.62. The monoisotopic (exact) mass is 408 g/mol. The maximum atomic E-state index is 13.7. The van der Waals surface area contributed by atoms with Crippen LogP contribution >= 0.6 is 0 Å². The molecular weight excluding hydrogens is 395 g/mol. The largest absolute Gasteiger partial charge is 0.416 e. The zero-order chi connectivity index (χ0) is 21.2. The fraction of sp³-hybridized carbons (Fsp3) is 0.100.